The zero-order valence-corrected chi connectivity index (χ0v) is 12.6. The average Bonchev–Trinajstić information content (AvgIpc) is 2.95. The van der Waals surface area contributed by atoms with Gasteiger partial charge in [0, 0.05) is 24.0 Å². The number of nitrogens with one attached hydrogen (secondary N) is 2. The first-order chi connectivity index (χ1) is 10.0. The third-order valence-corrected chi connectivity index (χ3v) is 4.54. The highest BCUT2D eigenvalue weighted by Crippen LogP contribution is 2.47. The average molecular weight is 304 g/mol. The molecule has 0 aromatic carbocycles. The van der Waals surface area contributed by atoms with Gasteiger partial charge in [0.25, 0.3) is 5.91 Å². The molecular weight excluding hydrogens is 288 g/mol. The molecule has 2 heterocycles. The third kappa shape index (κ3) is 2.97. The molecular formula is C14H16N4O2S. The zero-order valence-electron chi connectivity index (χ0n) is 11.8. The number of aryl methyl sites for hydroxylation is 2. The van der Waals surface area contributed by atoms with Crippen molar-refractivity contribution in [3.63, 3.8) is 0 Å². The summed E-state index contributed by atoms with van der Waals surface area (Å²) >= 11 is 1.40. The summed E-state index contributed by atoms with van der Waals surface area (Å²) in [6.07, 6.45) is 4.50. The van der Waals surface area contributed by atoms with Gasteiger partial charge in [-0.05, 0) is 37.0 Å². The zero-order chi connectivity index (χ0) is 15.0. The molecule has 0 bridgehead atoms. The van der Waals surface area contributed by atoms with Crippen LogP contribution in [-0.2, 0) is 11.8 Å². The molecule has 7 heteroatoms. The van der Waals surface area contributed by atoms with Gasteiger partial charge >= 0.3 is 0 Å². The van der Waals surface area contributed by atoms with E-state index in [1.165, 1.54) is 11.3 Å². The fourth-order valence-corrected chi connectivity index (χ4v) is 3.08. The summed E-state index contributed by atoms with van der Waals surface area (Å²) in [5.41, 5.74) is 6.03. The Hall–Kier alpha value is -2.15. The van der Waals surface area contributed by atoms with E-state index in [1.807, 2.05) is 26.2 Å². The molecule has 110 valence electrons. The second-order valence-electron chi connectivity index (χ2n) is 5.25. The van der Waals surface area contributed by atoms with Gasteiger partial charge in [-0.3, -0.25) is 25.1 Å². The molecule has 2 amide bonds. The van der Waals surface area contributed by atoms with Gasteiger partial charge < -0.3 is 0 Å². The Bertz CT molecular complexity index is 691. The first-order valence-electron chi connectivity index (χ1n) is 6.70. The number of carbonyl (C=O) groups excluding carboxylic acids is 2. The van der Waals surface area contributed by atoms with E-state index in [1.54, 1.807) is 16.9 Å². The van der Waals surface area contributed by atoms with Crippen LogP contribution in [0.3, 0.4) is 0 Å². The van der Waals surface area contributed by atoms with Gasteiger partial charge in [-0.2, -0.15) is 5.10 Å². The van der Waals surface area contributed by atoms with Crippen molar-refractivity contribution in [3.05, 3.63) is 39.8 Å². The predicted octanol–water partition coefficient (Wildman–Crippen LogP) is 1.35. The molecule has 1 saturated carbocycles. The molecule has 21 heavy (non-hydrogen) atoms. The Labute approximate surface area is 126 Å². The van der Waals surface area contributed by atoms with Gasteiger partial charge in [-0.15, -0.1) is 11.3 Å². The summed E-state index contributed by atoms with van der Waals surface area (Å²) in [4.78, 5) is 25.5. The van der Waals surface area contributed by atoms with Gasteiger partial charge in [0.1, 0.15) is 0 Å². The highest BCUT2D eigenvalue weighted by molar-refractivity contribution is 7.13. The van der Waals surface area contributed by atoms with E-state index in [0.717, 1.165) is 16.9 Å². The number of aromatic nitrogens is 2. The SMILES string of the molecule is Cc1ccc(C(=O)NNC(=O)[C@@H]2C[C@H]2c2cnn(C)c2)s1. The van der Waals surface area contributed by atoms with Crippen LogP contribution in [0.2, 0.25) is 0 Å². The van der Waals surface area contributed by atoms with E-state index in [-0.39, 0.29) is 23.7 Å². The second-order valence-corrected chi connectivity index (χ2v) is 6.54. The van der Waals surface area contributed by atoms with Gasteiger partial charge in [-0.25, -0.2) is 0 Å². The maximum atomic E-state index is 12.0. The molecule has 0 aliphatic heterocycles. The minimum Gasteiger partial charge on any atom is -0.276 e. The van der Waals surface area contributed by atoms with Crippen LogP contribution in [0.4, 0.5) is 0 Å². The summed E-state index contributed by atoms with van der Waals surface area (Å²) < 4.78 is 1.73. The Balaban J connectivity index is 1.50. The molecule has 1 aliphatic rings. The number of thiophene rings is 1. The fourth-order valence-electron chi connectivity index (χ4n) is 2.31. The number of hydrogen-bond acceptors (Lipinski definition) is 4. The highest BCUT2D eigenvalue weighted by Gasteiger charge is 2.44. The summed E-state index contributed by atoms with van der Waals surface area (Å²) in [5, 5.41) is 4.10. The van der Waals surface area contributed by atoms with Gasteiger partial charge in [0.05, 0.1) is 11.1 Å². The summed E-state index contributed by atoms with van der Waals surface area (Å²) in [7, 11) is 1.85. The Kier molecular flexibility index (Phi) is 3.50. The molecule has 1 aliphatic carbocycles. The highest BCUT2D eigenvalue weighted by atomic mass is 32.1. The number of carbonyl (C=O) groups is 2. The third-order valence-electron chi connectivity index (χ3n) is 3.54. The van der Waals surface area contributed by atoms with Crippen molar-refractivity contribution in [3.8, 4) is 0 Å². The van der Waals surface area contributed by atoms with Crippen molar-refractivity contribution in [2.45, 2.75) is 19.3 Å². The van der Waals surface area contributed by atoms with Crippen molar-refractivity contribution < 1.29 is 9.59 Å². The Morgan fingerprint density at radius 1 is 1.38 bits per heavy atom. The minimum absolute atomic E-state index is 0.0837. The van der Waals surface area contributed by atoms with Crippen molar-refractivity contribution in [1.82, 2.24) is 20.6 Å². The lowest BCUT2D eigenvalue weighted by Gasteiger charge is -2.05. The first kappa shape index (κ1) is 13.8. The van der Waals surface area contributed by atoms with Crippen LogP contribution in [-0.4, -0.2) is 21.6 Å². The van der Waals surface area contributed by atoms with E-state index in [2.05, 4.69) is 16.0 Å². The van der Waals surface area contributed by atoms with Crippen LogP contribution in [0.5, 0.6) is 0 Å². The maximum absolute atomic E-state index is 12.0. The van der Waals surface area contributed by atoms with E-state index in [0.29, 0.717) is 4.88 Å². The van der Waals surface area contributed by atoms with Crippen LogP contribution >= 0.6 is 11.3 Å². The lowest BCUT2D eigenvalue weighted by Crippen LogP contribution is -2.42. The van der Waals surface area contributed by atoms with Crippen LogP contribution < -0.4 is 10.9 Å². The second kappa shape index (κ2) is 5.33. The molecule has 2 aromatic rings. The molecule has 0 spiro atoms. The smallest absolute Gasteiger partial charge is 0.276 e. The minimum atomic E-state index is -0.278. The van der Waals surface area contributed by atoms with Crippen LogP contribution in [0.25, 0.3) is 0 Å². The summed E-state index contributed by atoms with van der Waals surface area (Å²) in [6.45, 7) is 1.93. The van der Waals surface area contributed by atoms with E-state index >= 15 is 0 Å². The quantitative estimate of drug-likeness (QED) is 0.841. The van der Waals surface area contributed by atoms with Crippen LogP contribution in [0.1, 0.15) is 32.5 Å². The van der Waals surface area contributed by atoms with E-state index in [4.69, 9.17) is 0 Å². The Morgan fingerprint density at radius 2 is 2.19 bits per heavy atom. The Morgan fingerprint density at radius 3 is 2.81 bits per heavy atom. The topological polar surface area (TPSA) is 76.0 Å². The molecule has 6 nitrogen and oxygen atoms in total. The fraction of sp³-hybridized carbons (Fsp3) is 0.357. The molecule has 0 unspecified atom stereocenters. The number of rotatable bonds is 3. The standard InChI is InChI=1S/C14H16N4O2S/c1-8-3-4-12(21-8)14(20)17-16-13(19)11-5-10(11)9-6-15-18(2)7-9/h3-4,6-7,10-11H,5H2,1-2H3,(H,16,19)(H,17,20)/t10-,11+/m0/s1. The molecule has 0 radical (unpaired) electrons. The first-order valence-corrected chi connectivity index (χ1v) is 7.51. The molecule has 2 N–H and O–H groups in total. The van der Waals surface area contributed by atoms with E-state index in [9.17, 15) is 9.59 Å². The largest absolute Gasteiger partial charge is 0.279 e. The number of nitrogens with zero attached hydrogens (tertiary/aromatic N) is 2. The number of amides is 2. The van der Waals surface area contributed by atoms with Crippen molar-refractivity contribution in [2.75, 3.05) is 0 Å². The lowest BCUT2D eigenvalue weighted by atomic mass is 10.2. The number of hydrazine groups is 1. The van der Waals surface area contributed by atoms with Crippen LogP contribution in [0.15, 0.2) is 24.5 Å². The van der Waals surface area contributed by atoms with Crippen molar-refractivity contribution >= 4 is 23.2 Å². The van der Waals surface area contributed by atoms with Gasteiger partial charge in [-0.1, -0.05) is 0 Å². The molecule has 2 aromatic heterocycles. The molecule has 3 rings (SSSR count). The summed E-state index contributed by atoms with van der Waals surface area (Å²) in [5.74, 6) is -0.301. The molecule has 2 atom stereocenters. The van der Waals surface area contributed by atoms with Crippen molar-refractivity contribution in [1.29, 1.82) is 0 Å². The van der Waals surface area contributed by atoms with Crippen molar-refractivity contribution in [2.24, 2.45) is 13.0 Å². The molecule has 0 saturated heterocycles. The normalized spacial score (nSPS) is 20.1. The van der Waals surface area contributed by atoms with Crippen LogP contribution in [0, 0.1) is 12.8 Å². The van der Waals surface area contributed by atoms with E-state index < -0.39 is 0 Å². The monoisotopic (exact) mass is 304 g/mol. The predicted molar refractivity (Wildman–Crippen MR) is 78.7 cm³/mol. The van der Waals surface area contributed by atoms with Gasteiger partial charge in [0.2, 0.25) is 5.91 Å². The number of hydrogen-bond donors (Lipinski definition) is 2. The summed E-state index contributed by atoms with van der Waals surface area (Å²) in [6, 6.07) is 3.62. The molecule has 1 fully saturated rings. The maximum Gasteiger partial charge on any atom is 0.279 e. The van der Waals surface area contributed by atoms with Gasteiger partial charge in [0.15, 0.2) is 0 Å². The lowest BCUT2D eigenvalue weighted by molar-refractivity contribution is -0.123.